The fourth-order valence-corrected chi connectivity index (χ4v) is 4.76. The third kappa shape index (κ3) is 4.59. The highest BCUT2D eigenvalue weighted by Gasteiger charge is 2.35. The molecule has 138 valence electrons. The molecule has 2 aliphatic rings. The Kier molecular flexibility index (Phi) is 5.76. The number of nitrogens with one attached hydrogen (secondary N) is 1. The van der Waals surface area contributed by atoms with Gasteiger partial charge in [0.1, 0.15) is 0 Å². The normalized spacial score (nSPS) is 22.2. The first-order valence-corrected chi connectivity index (χ1v) is 10.4. The van der Waals surface area contributed by atoms with Crippen LogP contribution in [0.1, 0.15) is 37.7 Å². The Labute approximate surface area is 150 Å². The zero-order valence-electron chi connectivity index (χ0n) is 14.7. The first kappa shape index (κ1) is 18.4. The minimum Gasteiger partial charge on any atom is -0.339 e. The lowest BCUT2D eigenvalue weighted by Gasteiger charge is -2.24. The molecule has 1 aliphatic carbocycles. The maximum absolute atomic E-state index is 12.4. The van der Waals surface area contributed by atoms with Crippen molar-refractivity contribution in [3.8, 4) is 0 Å². The second-order valence-corrected chi connectivity index (χ2v) is 9.01. The number of likely N-dealkylation sites (tertiary alicyclic amines) is 1. The van der Waals surface area contributed by atoms with E-state index in [4.69, 9.17) is 0 Å². The number of nitrogens with zero attached hydrogens (tertiary/aromatic N) is 2. The van der Waals surface area contributed by atoms with Crippen LogP contribution in [0.5, 0.6) is 0 Å². The number of amides is 1. The van der Waals surface area contributed by atoms with Crippen LogP contribution < -0.4 is 4.72 Å². The molecule has 1 N–H and O–H groups in total. The molecule has 1 heterocycles. The number of carbonyl (C=O) groups excluding carboxylic acids is 1. The number of hydrogen-bond acceptors (Lipinski definition) is 3. The molecule has 1 aromatic carbocycles. The number of carbonyl (C=O) groups is 1. The summed E-state index contributed by atoms with van der Waals surface area (Å²) in [6.45, 7) is 1.32. The summed E-state index contributed by atoms with van der Waals surface area (Å²) in [5, 5.41) is 0. The molecule has 0 aromatic heterocycles. The fourth-order valence-electron chi connectivity index (χ4n) is 3.77. The summed E-state index contributed by atoms with van der Waals surface area (Å²) < 4.78 is 28.8. The Balaban J connectivity index is 1.51. The van der Waals surface area contributed by atoms with E-state index in [0.717, 1.165) is 18.4 Å². The van der Waals surface area contributed by atoms with Crippen LogP contribution in [0.3, 0.4) is 0 Å². The second kappa shape index (κ2) is 7.85. The van der Waals surface area contributed by atoms with Crippen LogP contribution in [0.2, 0.25) is 0 Å². The summed E-state index contributed by atoms with van der Waals surface area (Å²) in [6, 6.07) is 9.87. The number of benzene rings is 1. The Bertz CT molecular complexity index is 687. The van der Waals surface area contributed by atoms with Crippen molar-refractivity contribution in [1.82, 2.24) is 13.9 Å². The van der Waals surface area contributed by atoms with E-state index in [2.05, 4.69) is 4.72 Å². The van der Waals surface area contributed by atoms with Crippen LogP contribution in [0.25, 0.3) is 0 Å². The lowest BCUT2D eigenvalue weighted by atomic mass is 10.1. The highest BCUT2D eigenvalue weighted by Crippen LogP contribution is 2.29. The summed E-state index contributed by atoms with van der Waals surface area (Å²) in [4.78, 5) is 14.2. The van der Waals surface area contributed by atoms with Gasteiger partial charge in [-0.15, -0.1) is 0 Å². The summed E-state index contributed by atoms with van der Waals surface area (Å²) in [5.41, 5.74) is 0.943. The Morgan fingerprint density at radius 1 is 1.20 bits per heavy atom. The van der Waals surface area contributed by atoms with E-state index >= 15 is 0 Å². The second-order valence-electron chi connectivity index (χ2n) is 7.15. The van der Waals surface area contributed by atoms with Crippen LogP contribution in [-0.2, 0) is 21.5 Å². The van der Waals surface area contributed by atoms with Gasteiger partial charge in [0.15, 0.2) is 0 Å². The molecule has 1 aliphatic heterocycles. The Morgan fingerprint density at radius 2 is 1.88 bits per heavy atom. The van der Waals surface area contributed by atoms with Gasteiger partial charge < -0.3 is 4.90 Å². The summed E-state index contributed by atoms with van der Waals surface area (Å²) >= 11 is 0. The van der Waals surface area contributed by atoms with Gasteiger partial charge in [-0.1, -0.05) is 43.2 Å². The molecule has 0 unspecified atom stereocenters. The predicted octanol–water partition coefficient (Wildman–Crippen LogP) is 1.74. The molecule has 1 atom stereocenters. The number of rotatable bonds is 7. The van der Waals surface area contributed by atoms with E-state index in [-0.39, 0.29) is 11.8 Å². The summed E-state index contributed by atoms with van der Waals surface area (Å²) in [5.74, 6) is 0.238. The average molecular weight is 365 g/mol. The lowest BCUT2D eigenvalue weighted by Crippen LogP contribution is -2.41. The summed E-state index contributed by atoms with van der Waals surface area (Å²) in [7, 11) is -1.98. The highest BCUT2D eigenvalue weighted by molar-refractivity contribution is 7.87. The molecule has 1 saturated heterocycles. The van der Waals surface area contributed by atoms with Gasteiger partial charge >= 0.3 is 0 Å². The highest BCUT2D eigenvalue weighted by atomic mass is 32.2. The zero-order valence-corrected chi connectivity index (χ0v) is 15.5. The largest absolute Gasteiger partial charge is 0.339 e. The van der Waals surface area contributed by atoms with Crippen molar-refractivity contribution in [1.29, 1.82) is 0 Å². The van der Waals surface area contributed by atoms with E-state index in [1.54, 1.807) is 7.05 Å². The van der Waals surface area contributed by atoms with Gasteiger partial charge in [0.25, 0.3) is 10.2 Å². The molecule has 6 nitrogen and oxygen atoms in total. The first-order chi connectivity index (χ1) is 12.0. The predicted molar refractivity (Wildman–Crippen MR) is 96.9 cm³/mol. The molecule has 0 bridgehead atoms. The van der Waals surface area contributed by atoms with Gasteiger partial charge in [-0.3, -0.25) is 4.79 Å². The van der Waals surface area contributed by atoms with Gasteiger partial charge in [-0.2, -0.15) is 12.7 Å². The summed E-state index contributed by atoms with van der Waals surface area (Å²) in [6.07, 6.45) is 5.00. The van der Waals surface area contributed by atoms with Crippen LogP contribution in [0.15, 0.2) is 30.3 Å². The SMILES string of the molecule is CN(Cc1ccccc1)S(=O)(=O)NC[C@H]1CC(=O)N(C2CCCC2)C1. The van der Waals surface area contributed by atoms with Crippen molar-refractivity contribution >= 4 is 16.1 Å². The minimum absolute atomic E-state index is 0.0630. The molecule has 1 amide bonds. The van der Waals surface area contributed by atoms with Gasteiger partial charge in [0.2, 0.25) is 5.91 Å². The van der Waals surface area contributed by atoms with Crippen molar-refractivity contribution in [2.75, 3.05) is 20.1 Å². The molecule has 0 spiro atoms. The average Bonchev–Trinajstić information content (AvgIpc) is 3.23. The van der Waals surface area contributed by atoms with E-state index in [1.807, 2.05) is 35.2 Å². The van der Waals surface area contributed by atoms with Crippen LogP contribution in [-0.4, -0.2) is 49.7 Å². The fraction of sp³-hybridized carbons (Fsp3) is 0.611. The number of hydrogen-bond donors (Lipinski definition) is 1. The third-order valence-corrected chi connectivity index (χ3v) is 6.70. The van der Waals surface area contributed by atoms with Crippen molar-refractivity contribution in [3.05, 3.63) is 35.9 Å². The molecule has 7 heteroatoms. The van der Waals surface area contributed by atoms with E-state index in [0.29, 0.717) is 32.1 Å². The monoisotopic (exact) mass is 365 g/mol. The smallest absolute Gasteiger partial charge is 0.279 e. The van der Waals surface area contributed by atoms with Gasteiger partial charge in [0.05, 0.1) is 0 Å². The molecular weight excluding hydrogens is 338 g/mol. The third-order valence-electron chi connectivity index (χ3n) is 5.22. The van der Waals surface area contributed by atoms with Gasteiger partial charge in [-0.05, 0) is 24.3 Å². The topological polar surface area (TPSA) is 69.7 Å². The van der Waals surface area contributed by atoms with Crippen LogP contribution >= 0.6 is 0 Å². The van der Waals surface area contributed by atoms with Crippen molar-refractivity contribution in [2.45, 2.75) is 44.7 Å². The van der Waals surface area contributed by atoms with Crippen LogP contribution in [0.4, 0.5) is 0 Å². The Morgan fingerprint density at radius 3 is 2.56 bits per heavy atom. The van der Waals surface area contributed by atoms with Gasteiger partial charge in [0, 0.05) is 39.1 Å². The molecule has 2 fully saturated rings. The molecule has 25 heavy (non-hydrogen) atoms. The quantitative estimate of drug-likeness (QED) is 0.800. The van der Waals surface area contributed by atoms with Crippen LogP contribution in [0, 0.1) is 5.92 Å². The van der Waals surface area contributed by atoms with Crippen molar-refractivity contribution in [2.24, 2.45) is 5.92 Å². The lowest BCUT2D eigenvalue weighted by molar-refractivity contribution is -0.129. The van der Waals surface area contributed by atoms with E-state index in [1.165, 1.54) is 17.1 Å². The molecule has 1 aromatic rings. The Hall–Kier alpha value is -1.44. The first-order valence-electron chi connectivity index (χ1n) is 9.00. The molecule has 3 rings (SSSR count). The minimum atomic E-state index is -3.55. The maximum atomic E-state index is 12.4. The van der Waals surface area contributed by atoms with Crippen molar-refractivity contribution in [3.63, 3.8) is 0 Å². The van der Waals surface area contributed by atoms with E-state index in [9.17, 15) is 13.2 Å². The van der Waals surface area contributed by atoms with E-state index < -0.39 is 10.2 Å². The zero-order chi connectivity index (χ0) is 17.9. The molecular formula is C18H27N3O3S. The maximum Gasteiger partial charge on any atom is 0.279 e. The van der Waals surface area contributed by atoms with Crippen molar-refractivity contribution < 1.29 is 13.2 Å². The molecule has 1 saturated carbocycles. The van der Waals surface area contributed by atoms with Gasteiger partial charge in [-0.25, -0.2) is 4.72 Å². The standard InChI is InChI=1S/C18H27N3O3S/c1-20(13-15-7-3-2-4-8-15)25(23,24)19-12-16-11-18(22)21(14-16)17-9-5-6-10-17/h2-4,7-8,16-17,19H,5-6,9-14H2,1H3/t16-/m1/s1. The molecule has 0 radical (unpaired) electrons.